The van der Waals surface area contributed by atoms with Crippen LogP contribution < -0.4 is 0 Å². The number of carbonyl (C=O) groups is 1. The normalized spacial score (nSPS) is 26.9. The van der Waals surface area contributed by atoms with Gasteiger partial charge in [0.1, 0.15) is 0 Å². The molecule has 0 amide bonds. The third-order valence-corrected chi connectivity index (χ3v) is 5.75. The minimum absolute atomic E-state index is 0.0431. The van der Waals surface area contributed by atoms with Crippen LogP contribution >= 0.6 is 11.6 Å². The van der Waals surface area contributed by atoms with Gasteiger partial charge in [0.15, 0.2) is 9.84 Å². The number of halogens is 1. The first-order valence-corrected chi connectivity index (χ1v) is 7.67. The summed E-state index contributed by atoms with van der Waals surface area (Å²) in [6.45, 7) is 1.53. The van der Waals surface area contributed by atoms with Crippen molar-refractivity contribution in [2.45, 2.75) is 18.1 Å². The second-order valence-corrected chi connectivity index (χ2v) is 7.24. The molecule has 2 rings (SSSR count). The van der Waals surface area contributed by atoms with Gasteiger partial charge in [-0.1, -0.05) is 30.7 Å². The monoisotopic (exact) mass is 288 g/mol. The van der Waals surface area contributed by atoms with E-state index in [0.29, 0.717) is 10.6 Å². The van der Waals surface area contributed by atoms with Crippen LogP contribution in [0.1, 0.15) is 18.4 Å². The summed E-state index contributed by atoms with van der Waals surface area (Å²) >= 11 is 5.84. The van der Waals surface area contributed by atoms with E-state index in [2.05, 4.69) is 0 Å². The molecule has 1 aliphatic rings. The van der Waals surface area contributed by atoms with E-state index < -0.39 is 32.9 Å². The van der Waals surface area contributed by atoms with Gasteiger partial charge in [0.05, 0.1) is 11.2 Å². The molecule has 1 aromatic carbocycles. The molecule has 0 bridgehead atoms. The maximum absolute atomic E-state index is 11.8. The lowest BCUT2D eigenvalue weighted by Gasteiger charge is -2.01. The zero-order valence-corrected chi connectivity index (χ0v) is 11.3. The second-order valence-electron chi connectivity index (χ2n) is 4.36. The number of benzene rings is 1. The molecule has 0 aromatic heterocycles. The average Bonchev–Trinajstić information content (AvgIpc) is 3.05. The topological polar surface area (TPSA) is 71.4 Å². The van der Waals surface area contributed by atoms with E-state index in [1.54, 1.807) is 24.3 Å². The maximum atomic E-state index is 11.8. The zero-order chi connectivity index (χ0) is 13.5. The van der Waals surface area contributed by atoms with Crippen molar-refractivity contribution in [3.63, 3.8) is 0 Å². The zero-order valence-electron chi connectivity index (χ0n) is 9.71. The molecule has 3 atom stereocenters. The summed E-state index contributed by atoms with van der Waals surface area (Å²) in [7, 11) is -3.35. The quantitative estimate of drug-likeness (QED) is 0.919. The van der Waals surface area contributed by atoms with Crippen molar-refractivity contribution < 1.29 is 18.3 Å². The molecule has 0 saturated heterocycles. The molecule has 0 radical (unpaired) electrons. The fourth-order valence-corrected chi connectivity index (χ4v) is 4.33. The van der Waals surface area contributed by atoms with Crippen LogP contribution in [0.15, 0.2) is 24.3 Å². The average molecular weight is 289 g/mol. The first kappa shape index (κ1) is 13.4. The Balaban J connectivity index is 2.37. The molecule has 0 spiro atoms. The molecular weight excluding hydrogens is 276 g/mol. The van der Waals surface area contributed by atoms with E-state index in [-0.39, 0.29) is 5.75 Å². The van der Waals surface area contributed by atoms with Crippen molar-refractivity contribution in [3.05, 3.63) is 34.9 Å². The minimum atomic E-state index is -3.35. The van der Waals surface area contributed by atoms with E-state index in [0.717, 1.165) is 0 Å². The lowest BCUT2D eigenvalue weighted by Crippen LogP contribution is -2.14. The van der Waals surface area contributed by atoms with Crippen LogP contribution in [-0.4, -0.2) is 30.5 Å². The number of carboxylic acid groups (broad SMARTS) is 1. The van der Waals surface area contributed by atoms with Crippen molar-refractivity contribution in [1.29, 1.82) is 0 Å². The standard InChI is InChI=1S/C12H13ClO4S/c1-2-18(16,17)11-9(10(11)12(14)15)7-4-3-5-8(13)6-7/h3-6,9-11H,2H2,1H3,(H,14,15)/t9-,10-,11-/m0/s1. The summed E-state index contributed by atoms with van der Waals surface area (Å²) in [5.74, 6) is -2.44. The fourth-order valence-electron chi connectivity index (χ4n) is 2.33. The van der Waals surface area contributed by atoms with E-state index in [4.69, 9.17) is 16.7 Å². The molecular formula is C12H13ClO4S. The highest BCUT2D eigenvalue weighted by Crippen LogP contribution is 2.52. The van der Waals surface area contributed by atoms with Gasteiger partial charge in [0.2, 0.25) is 0 Å². The molecule has 1 N–H and O–H groups in total. The highest BCUT2D eigenvalue weighted by Gasteiger charge is 2.62. The van der Waals surface area contributed by atoms with Gasteiger partial charge in [-0.05, 0) is 17.7 Å². The Morgan fingerprint density at radius 2 is 2.11 bits per heavy atom. The Labute approximate surface area is 110 Å². The molecule has 1 aromatic rings. The van der Waals surface area contributed by atoms with Crippen molar-refractivity contribution in [3.8, 4) is 0 Å². The van der Waals surface area contributed by atoms with E-state index >= 15 is 0 Å². The number of aliphatic carboxylic acids is 1. The van der Waals surface area contributed by atoms with Crippen molar-refractivity contribution >= 4 is 27.4 Å². The molecule has 0 unspecified atom stereocenters. The molecule has 1 saturated carbocycles. The summed E-state index contributed by atoms with van der Waals surface area (Å²) < 4.78 is 23.7. The summed E-state index contributed by atoms with van der Waals surface area (Å²) in [6.07, 6.45) is 0. The number of hydrogen-bond acceptors (Lipinski definition) is 3. The fraction of sp³-hybridized carbons (Fsp3) is 0.417. The van der Waals surface area contributed by atoms with Crippen molar-refractivity contribution in [1.82, 2.24) is 0 Å². The van der Waals surface area contributed by atoms with Crippen LogP contribution in [0.5, 0.6) is 0 Å². The predicted molar refractivity (Wildman–Crippen MR) is 68.6 cm³/mol. The Morgan fingerprint density at radius 3 is 2.61 bits per heavy atom. The Hall–Kier alpha value is -1.07. The summed E-state index contributed by atoms with van der Waals surface area (Å²) in [6, 6.07) is 6.72. The Bertz CT molecular complexity index is 581. The SMILES string of the molecule is CCS(=O)(=O)[C@@H]1[C@@H](C(=O)O)[C@@H]1c1cccc(Cl)c1. The van der Waals surface area contributed by atoms with Crippen LogP contribution in [-0.2, 0) is 14.6 Å². The van der Waals surface area contributed by atoms with Gasteiger partial charge in [-0.3, -0.25) is 4.79 Å². The second kappa shape index (κ2) is 4.55. The van der Waals surface area contributed by atoms with Crippen LogP contribution in [0, 0.1) is 5.92 Å². The van der Waals surface area contributed by atoms with Gasteiger partial charge in [0, 0.05) is 16.7 Å². The summed E-state index contributed by atoms with van der Waals surface area (Å²) in [5, 5.41) is 8.75. The van der Waals surface area contributed by atoms with Crippen molar-refractivity contribution in [2.24, 2.45) is 5.92 Å². The first-order chi connectivity index (χ1) is 8.38. The largest absolute Gasteiger partial charge is 0.481 e. The predicted octanol–water partition coefficient (Wildman–Crippen LogP) is 1.94. The molecule has 1 fully saturated rings. The molecule has 4 nitrogen and oxygen atoms in total. The highest BCUT2D eigenvalue weighted by atomic mass is 35.5. The maximum Gasteiger partial charge on any atom is 0.308 e. The van der Waals surface area contributed by atoms with Crippen LogP contribution in [0.25, 0.3) is 0 Å². The van der Waals surface area contributed by atoms with Crippen LogP contribution in [0.3, 0.4) is 0 Å². The first-order valence-electron chi connectivity index (χ1n) is 5.58. The molecule has 0 heterocycles. The molecule has 98 valence electrons. The van der Waals surface area contributed by atoms with E-state index in [1.165, 1.54) is 6.92 Å². The van der Waals surface area contributed by atoms with Gasteiger partial charge >= 0.3 is 5.97 Å². The molecule has 6 heteroatoms. The van der Waals surface area contributed by atoms with Gasteiger partial charge < -0.3 is 5.11 Å². The lowest BCUT2D eigenvalue weighted by atomic mass is 10.1. The molecule has 18 heavy (non-hydrogen) atoms. The number of hydrogen-bond donors (Lipinski definition) is 1. The Morgan fingerprint density at radius 1 is 1.44 bits per heavy atom. The van der Waals surface area contributed by atoms with Gasteiger partial charge in [-0.25, -0.2) is 8.42 Å². The van der Waals surface area contributed by atoms with Crippen molar-refractivity contribution in [2.75, 3.05) is 5.75 Å². The molecule has 1 aliphatic carbocycles. The highest BCUT2D eigenvalue weighted by molar-refractivity contribution is 7.92. The minimum Gasteiger partial charge on any atom is -0.481 e. The number of carboxylic acids is 1. The lowest BCUT2D eigenvalue weighted by molar-refractivity contribution is -0.138. The van der Waals surface area contributed by atoms with Gasteiger partial charge in [-0.15, -0.1) is 0 Å². The Kier molecular flexibility index (Phi) is 3.38. The molecule has 0 aliphatic heterocycles. The third kappa shape index (κ3) is 2.24. The smallest absolute Gasteiger partial charge is 0.308 e. The van der Waals surface area contributed by atoms with Gasteiger partial charge in [-0.2, -0.15) is 0 Å². The van der Waals surface area contributed by atoms with E-state index in [9.17, 15) is 13.2 Å². The van der Waals surface area contributed by atoms with E-state index in [1.807, 2.05) is 0 Å². The summed E-state index contributed by atoms with van der Waals surface area (Å²) in [4.78, 5) is 11.1. The number of sulfone groups is 1. The summed E-state index contributed by atoms with van der Waals surface area (Å²) in [5.41, 5.74) is 0.678. The number of rotatable bonds is 4. The third-order valence-electron chi connectivity index (χ3n) is 3.29. The van der Waals surface area contributed by atoms with Crippen LogP contribution in [0.4, 0.5) is 0 Å². The van der Waals surface area contributed by atoms with Gasteiger partial charge in [0.25, 0.3) is 0 Å². The van der Waals surface area contributed by atoms with Crippen LogP contribution in [0.2, 0.25) is 5.02 Å².